The van der Waals surface area contributed by atoms with Gasteiger partial charge in [0.2, 0.25) is 5.69 Å². The number of rotatable bonds is 4. The van der Waals surface area contributed by atoms with Crippen molar-refractivity contribution in [2.75, 3.05) is 12.0 Å². The summed E-state index contributed by atoms with van der Waals surface area (Å²) in [5.41, 5.74) is 4.50. The van der Waals surface area contributed by atoms with Gasteiger partial charge in [-0.2, -0.15) is 0 Å². The molecule has 4 aromatic rings. The summed E-state index contributed by atoms with van der Waals surface area (Å²) in [5, 5.41) is 2.73. The van der Waals surface area contributed by atoms with Crippen LogP contribution in [0, 0.1) is 0 Å². The fourth-order valence-electron chi connectivity index (χ4n) is 4.37. The summed E-state index contributed by atoms with van der Waals surface area (Å²) in [6.45, 7) is 0. The van der Waals surface area contributed by atoms with E-state index in [-0.39, 0.29) is 12.1 Å². The molecule has 2 aliphatic heterocycles. The van der Waals surface area contributed by atoms with Crippen molar-refractivity contribution < 1.29 is 13.9 Å². The Hall–Kier alpha value is -4.13. The number of nitrogens with zero attached hydrogens (tertiary/aromatic N) is 3. The second-order valence-corrected chi connectivity index (χ2v) is 7.56. The normalized spacial score (nSPS) is 18.7. The lowest BCUT2D eigenvalue weighted by Gasteiger charge is -2.14. The van der Waals surface area contributed by atoms with Crippen molar-refractivity contribution in [3.8, 4) is 11.4 Å². The fourth-order valence-corrected chi connectivity index (χ4v) is 4.37. The predicted molar refractivity (Wildman–Crippen MR) is 116 cm³/mol. The first kappa shape index (κ1) is 17.7. The number of aliphatic imine (C=N–C) groups is 1. The molecule has 0 bridgehead atoms. The number of nitrogens with one attached hydrogen (secondary N) is 1. The van der Waals surface area contributed by atoms with Crippen molar-refractivity contribution in [2.24, 2.45) is 4.99 Å². The van der Waals surface area contributed by atoms with Gasteiger partial charge in [0.15, 0.2) is 0 Å². The highest BCUT2D eigenvalue weighted by molar-refractivity contribution is 6.12. The van der Waals surface area contributed by atoms with Crippen molar-refractivity contribution in [1.82, 2.24) is 5.27 Å². The molecule has 1 aromatic heterocycles. The van der Waals surface area contributed by atoms with E-state index < -0.39 is 5.63 Å². The molecule has 6 rings (SSSR count). The van der Waals surface area contributed by atoms with Crippen LogP contribution in [0.1, 0.15) is 17.3 Å². The summed E-state index contributed by atoms with van der Waals surface area (Å²) in [7, 11) is 1.66. The third kappa shape index (κ3) is 2.70. The second-order valence-electron chi connectivity index (χ2n) is 7.56. The number of hydrogen-bond acceptors (Lipinski definition) is 5. The molecule has 31 heavy (non-hydrogen) atoms. The van der Waals surface area contributed by atoms with E-state index in [9.17, 15) is 4.79 Å². The highest BCUT2D eigenvalue weighted by atomic mass is 16.5. The first-order valence-corrected chi connectivity index (χ1v) is 10.1. The van der Waals surface area contributed by atoms with Crippen LogP contribution in [0.15, 0.2) is 93.2 Å². The molecule has 1 fully saturated rings. The average Bonchev–Trinajstić information content (AvgIpc) is 3.47. The van der Waals surface area contributed by atoms with E-state index in [0.717, 1.165) is 28.4 Å². The molecular weight excluding hydrogens is 392 g/mol. The molecule has 3 heterocycles. The van der Waals surface area contributed by atoms with E-state index in [1.54, 1.807) is 11.8 Å². The number of aromatic nitrogens is 2. The number of aromatic amines is 1. The van der Waals surface area contributed by atoms with E-state index in [1.807, 2.05) is 60.7 Å². The van der Waals surface area contributed by atoms with Crippen molar-refractivity contribution >= 4 is 17.1 Å². The summed E-state index contributed by atoms with van der Waals surface area (Å²) in [6, 6.07) is 25.6. The van der Waals surface area contributed by atoms with Crippen LogP contribution < -0.4 is 19.9 Å². The molecule has 152 valence electrons. The van der Waals surface area contributed by atoms with Crippen molar-refractivity contribution in [3.63, 3.8) is 0 Å². The zero-order valence-corrected chi connectivity index (χ0v) is 16.7. The van der Waals surface area contributed by atoms with Crippen LogP contribution in [0.2, 0.25) is 0 Å². The maximum absolute atomic E-state index is 12.8. The SMILES string of the molecule is COc1ccc(C2C3C(c4c(=O)o[nH][n+]4-c4ccccc4)=Nc4ccccc4N32)cc1. The summed E-state index contributed by atoms with van der Waals surface area (Å²) in [5.74, 6) is 0.810. The Kier molecular flexibility index (Phi) is 3.83. The Morgan fingerprint density at radius 2 is 1.71 bits per heavy atom. The smallest absolute Gasteiger partial charge is 0.437 e. The number of hydrogen-bond donors (Lipinski definition) is 1. The minimum atomic E-state index is -0.442. The molecule has 2 unspecified atom stereocenters. The van der Waals surface area contributed by atoms with Gasteiger partial charge in [0.1, 0.15) is 17.5 Å². The van der Waals surface area contributed by atoms with Gasteiger partial charge in [-0.25, -0.2) is 9.79 Å². The summed E-state index contributed by atoms with van der Waals surface area (Å²) >= 11 is 0. The van der Waals surface area contributed by atoms with E-state index in [1.165, 1.54) is 0 Å². The van der Waals surface area contributed by atoms with Gasteiger partial charge in [0.25, 0.3) is 0 Å². The van der Waals surface area contributed by atoms with Crippen LogP contribution in [0.5, 0.6) is 5.75 Å². The third-order valence-electron chi connectivity index (χ3n) is 5.85. The third-order valence-corrected chi connectivity index (χ3v) is 5.85. The highest BCUT2D eigenvalue weighted by Crippen LogP contribution is 2.54. The van der Waals surface area contributed by atoms with Gasteiger partial charge in [-0.3, -0.25) is 4.52 Å². The Labute approximate surface area is 177 Å². The van der Waals surface area contributed by atoms with Crippen LogP contribution in [0.25, 0.3) is 5.69 Å². The first-order chi connectivity index (χ1) is 15.3. The van der Waals surface area contributed by atoms with Crippen LogP contribution in [-0.4, -0.2) is 24.1 Å². The molecule has 0 saturated carbocycles. The van der Waals surface area contributed by atoms with E-state index >= 15 is 0 Å². The predicted octanol–water partition coefficient (Wildman–Crippen LogP) is 3.32. The lowest BCUT2D eigenvalue weighted by Crippen LogP contribution is -2.43. The Morgan fingerprint density at radius 3 is 2.48 bits per heavy atom. The number of benzene rings is 3. The molecule has 0 amide bonds. The molecule has 0 spiro atoms. The maximum Gasteiger partial charge on any atom is 0.437 e. The van der Waals surface area contributed by atoms with Crippen molar-refractivity contribution in [1.29, 1.82) is 0 Å². The van der Waals surface area contributed by atoms with Crippen molar-refractivity contribution in [3.05, 3.63) is 101 Å². The maximum atomic E-state index is 12.8. The summed E-state index contributed by atoms with van der Waals surface area (Å²) < 4.78 is 12.2. The fraction of sp³-hybridized carbons (Fsp3) is 0.125. The lowest BCUT2D eigenvalue weighted by molar-refractivity contribution is -0.671. The van der Waals surface area contributed by atoms with E-state index in [4.69, 9.17) is 14.3 Å². The Morgan fingerprint density at radius 1 is 0.968 bits per heavy atom. The second kappa shape index (κ2) is 6.70. The summed E-state index contributed by atoms with van der Waals surface area (Å²) in [6.07, 6.45) is 0. The topological polar surface area (TPSA) is 74.5 Å². The molecule has 7 heteroatoms. The molecule has 1 N–H and O–H groups in total. The molecule has 0 aliphatic carbocycles. The molecule has 0 radical (unpaired) electrons. The summed E-state index contributed by atoms with van der Waals surface area (Å²) in [4.78, 5) is 20.0. The molecular formula is C24H19N4O3+. The monoisotopic (exact) mass is 411 g/mol. The van der Waals surface area contributed by atoms with Crippen molar-refractivity contribution in [2.45, 2.75) is 12.1 Å². The number of methoxy groups -OCH3 is 1. The van der Waals surface area contributed by atoms with E-state index in [0.29, 0.717) is 11.4 Å². The van der Waals surface area contributed by atoms with Gasteiger partial charge >= 0.3 is 11.3 Å². The average molecular weight is 411 g/mol. The zero-order chi connectivity index (χ0) is 20.9. The number of para-hydroxylation sites is 3. The molecule has 2 aliphatic rings. The minimum Gasteiger partial charge on any atom is -0.497 e. The van der Waals surface area contributed by atoms with Crippen LogP contribution in [-0.2, 0) is 0 Å². The zero-order valence-electron chi connectivity index (χ0n) is 16.7. The lowest BCUT2D eigenvalue weighted by atomic mass is 10.0. The standard InChI is InChI=1S/C24H18N4O3/c1-30-17-13-11-15(12-14-17)21-22-20(25-18-9-5-6-10-19(18)27(21)22)23-24(29)31-26-28(23)16-7-3-2-4-8-16/h2-14,21-22H,1H3/p+1. The Bertz CT molecular complexity index is 1360. The van der Waals surface area contributed by atoms with Crippen LogP contribution in [0.4, 0.5) is 11.4 Å². The first-order valence-electron chi connectivity index (χ1n) is 10.1. The minimum absolute atomic E-state index is 0.0584. The highest BCUT2D eigenvalue weighted by Gasteiger charge is 2.58. The number of ether oxygens (including phenoxy) is 1. The van der Waals surface area contributed by atoms with Crippen LogP contribution in [0.3, 0.4) is 0 Å². The molecule has 1 saturated heterocycles. The molecule has 3 aromatic carbocycles. The number of H-pyrrole nitrogens is 1. The Balaban J connectivity index is 1.51. The molecule has 7 nitrogen and oxygen atoms in total. The van der Waals surface area contributed by atoms with Gasteiger partial charge < -0.3 is 9.64 Å². The van der Waals surface area contributed by atoms with Gasteiger partial charge in [-0.15, -0.1) is 0 Å². The quantitative estimate of drug-likeness (QED) is 0.413. The molecule has 2 atom stereocenters. The number of anilines is 1. The van der Waals surface area contributed by atoms with Gasteiger partial charge in [0.05, 0.1) is 24.5 Å². The van der Waals surface area contributed by atoms with E-state index in [2.05, 4.69) is 28.4 Å². The van der Waals surface area contributed by atoms with Crippen LogP contribution >= 0.6 is 0 Å². The largest absolute Gasteiger partial charge is 0.497 e. The van der Waals surface area contributed by atoms with Gasteiger partial charge in [-0.05, 0) is 39.8 Å². The van der Waals surface area contributed by atoms with Gasteiger partial charge in [0, 0.05) is 12.1 Å². The van der Waals surface area contributed by atoms with Gasteiger partial charge in [-0.1, -0.05) is 42.5 Å². The number of fused-ring (bicyclic) bond motifs is 3.